The summed E-state index contributed by atoms with van der Waals surface area (Å²) < 4.78 is 6.23. The van der Waals surface area contributed by atoms with Crippen LogP contribution in [0.1, 0.15) is 12.5 Å². The Hall–Kier alpha value is -0.830. The Morgan fingerprint density at radius 3 is 2.85 bits per heavy atom. The average molecular weight is 243 g/mol. The van der Waals surface area contributed by atoms with Crippen molar-refractivity contribution < 1.29 is 9.53 Å². The monoisotopic (exact) mass is 242 g/mol. The first-order valence-corrected chi connectivity index (χ1v) is 4.92. The van der Waals surface area contributed by atoms with E-state index in [1.54, 1.807) is 0 Å². The van der Waals surface area contributed by atoms with Crippen molar-refractivity contribution in [1.29, 1.82) is 0 Å². The van der Waals surface area contributed by atoms with Crippen molar-refractivity contribution in [3.05, 3.63) is 28.2 Å². The Morgan fingerprint density at radius 2 is 2.31 bits per heavy atom. The van der Waals surface area contributed by atoms with Crippen LogP contribution in [0, 0.1) is 0 Å². The van der Waals surface area contributed by atoms with Gasteiger partial charge in [-0.3, -0.25) is 0 Å². The molecular weight excluding hydrogens is 232 g/mol. The second-order valence-electron chi connectivity index (χ2n) is 2.57. The number of rotatable bonds is 4. The summed E-state index contributed by atoms with van der Waals surface area (Å²) in [5.41, 5.74) is 0.991. The molecule has 0 radical (unpaired) electrons. The first kappa shape index (κ1) is 10.3. The predicted molar refractivity (Wildman–Crippen MR) is 55.1 cm³/mol. The number of benzene rings is 1. The van der Waals surface area contributed by atoms with Gasteiger partial charge in [0.05, 0.1) is 11.1 Å². The van der Waals surface area contributed by atoms with Gasteiger partial charge in [-0.2, -0.15) is 0 Å². The first-order valence-electron chi connectivity index (χ1n) is 4.12. The van der Waals surface area contributed by atoms with Gasteiger partial charge in [-0.15, -0.1) is 0 Å². The smallest absolute Gasteiger partial charge is 0.133 e. The highest BCUT2D eigenvalue weighted by atomic mass is 79.9. The van der Waals surface area contributed by atoms with E-state index in [-0.39, 0.29) is 0 Å². The fourth-order valence-electron chi connectivity index (χ4n) is 1.04. The lowest BCUT2D eigenvalue weighted by atomic mass is 10.2. The van der Waals surface area contributed by atoms with Gasteiger partial charge in [0, 0.05) is 6.42 Å². The topological polar surface area (TPSA) is 26.3 Å². The standard InChI is InChI=1S/C10H11BrO2/c1-2-13-10-4-3-8(5-6-12)7-9(10)11/h3-4,6-7H,2,5H2,1H3. The summed E-state index contributed by atoms with van der Waals surface area (Å²) in [6.45, 7) is 2.58. The molecule has 3 heteroatoms. The van der Waals surface area contributed by atoms with E-state index in [2.05, 4.69) is 15.9 Å². The van der Waals surface area contributed by atoms with Crippen LogP contribution in [0.15, 0.2) is 22.7 Å². The van der Waals surface area contributed by atoms with Crippen LogP contribution in [0.2, 0.25) is 0 Å². The van der Waals surface area contributed by atoms with Crippen molar-refractivity contribution in [3.8, 4) is 5.75 Å². The molecule has 0 aliphatic heterocycles. The molecule has 13 heavy (non-hydrogen) atoms. The van der Waals surface area contributed by atoms with Crippen LogP contribution in [0.5, 0.6) is 5.75 Å². The van der Waals surface area contributed by atoms with E-state index in [1.165, 1.54) is 0 Å². The van der Waals surface area contributed by atoms with Crippen molar-refractivity contribution >= 4 is 22.2 Å². The van der Waals surface area contributed by atoms with Crippen LogP contribution in [-0.4, -0.2) is 12.9 Å². The molecule has 0 saturated carbocycles. The van der Waals surface area contributed by atoms with Crippen molar-refractivity contribution in [2.45, 2.75) is 13.3 Å². The Morgan fingerprint density at radius 1 is 1.54 bits per heavy atom. The molecule has 0 N–H and O–H groups in total. The number of carbonyl (C=O) groups is 1. The van der Waals surface area contributed by atoms with Crippen molar-refractivity contribution in [2.75, 3.05) is 6.61 Å². The Labute approximate surface area is 86.0 Å². The molecule has 0 heterocycles. The van der Waals surface area contributed by atoms with Crippen LogP contribution in [0.25, 0.3) is 0 Å². The van der Waals surface area contributed by atoms with E-state index in [9.17, 15) is 4.79 Å². The van der Waals surface area contributed by atoms with Crippen LogP contribution in [0.3, 0.4) is 0 Å². The van der Waals surface area contributed by atoms with E-state index in [0.29, 0.717) is 13.0 Å². The van der Waals surface area contributed by atoms with E-state index in [1.807, 2.05) is 25.1 Å². The zero-order valence-electron chi connectivity index (χ0n) is 7.42. The molecule has 0 aromatic heterocycles. The maximum absolute atomic E-state index is 10.2. The van der Waals surface area contributed by atoms with E-state index < -0.39 is 0 Å². The fraction of sp³-hybridized carbons (Fsp3) is 0.300. The van der Waals surface area contributed by atoms with Gasteiger partial charge in [0.15, 0.2) is 0 Å². The molecule has 2 nitrogen and oxygen atoms in total. The molecule has 0 saturated heterocycles. The molecule has 0 aliphatic carbocycles. The molecule has 0 aliphatic rings. The van der Waals surface area contributed by atoms with Crippen LogP contribution in [-0.2, 0) is 11.2 Å². The molecule has 1 aromatic rings. The van der Waals surface area contributed by atoms with Crippen molar-refractivity contribution in [3.63, 3.8) is 0 Å². The van der Waals surface area contributed by atoms with Crippen molar-refractivity contribution in [2.24, 2.45) is 0 Å². The lowest BCUT2D eigenvalue weighted by molar-refractivity contribution is -0.107. The van der Waals surface area contributed by atoms with Gasteiger partial charge in [0.1, 0.15) is 12.0 Å². The number of ether oxygens (including phenoxy) is 1. The molecule has 0 atom stereocenters. The lowest BCUT2D eigenvalue weighted by Gasteiger charge is -2.06. The van der Waals surface area contributed by atoms with Crippen LogP contribution < -0.4 is 4.74 Å². The summed E-state index contributed by atoms with van der Waals surface area (Å²) in [6, 6.07) is 5.66. The summed E-state index contributed by atoms with van der Waals surface area (Å²) >= 11 is 3.38. The molecule has 0 unspecified atom stereocenters. The van der Waals surface area contributed by atoms with Crippen molar-refractivity contribution in [1.82, 2.24) is 0 Å². The third kappa shape index (κ3) is 2.84. The zero-order chi connectivity index (χ0) is 9.68. The Bertz CT molecular complexity index is 297. The molecule has 0 bridgehead atoms. The molecule has 0 spiro atoms. The third-order valence-corrected chi connectivity index (χ3v) is 2.23. The van der Waals surface area contributed by atoms with Gasteiger partial charge in [-0.05, 0) is 40.5 Å². The lowest BCUT2D eigenvalue weighted by Crippen LogP contribution is -1.93. The minimum Gasteiger partial charge on any atom is -0.493 e. The predicted octanol–water partition coefficient (Wildman–Crippen LogP) is 2.59. The number of carbonyl (C=O) groups excluding carboxylic acids is 1. The minimum absolute atomic E-state index is 0.449. The van der Waals surface area contributed by atoms with Gasteiger partial charge in [-0.1, -0.05) is 6.07 Å². The largest absolute Gasteiger partial charge is 0.493 e. The highest BCUT2D eigenvalue weighted by Crippen LogP contribution is 2.25. The number of aldehydes is 1. The summed E-state index contributed by atoms with van der Waals surface area (Å²) in [7, 11) is 0. The number of hydrogen-bond donors (Lipinski definition) is 0. The normalized spacial score (nSPS) is 9.69. The maximum Gasteiger partial charge on any atom is 0.133 e. The maximum atomic E-state index is 10.2. The molecule has 1 aromatic carbocycles. The zero-order valence-corrected chi connectivity index (χ0v) is 9.00. The summed E-state index contributed by atoms with van der Waals surface area (Å²) in [5.74, 6) is 0.817. The number of hydrogen-bond acceptors (Lipinski definition) is 2. The summed E-state index contributed by atoms with van der Waals surface area (Å²) in [5, 5.41) is 0. The quantitative estimate of drug-likeness (QED) is 0.759. The molecule has 1 rings (SSSR count). The second-order valence-corrected chi connectivity index (χ2v) is 3.42. The van der Waals surface area contributed by atoms with E-state index in [0.717, 1.165) is 22.1 Å². The molecule has 0 fully saturated rings. The molecule has 0 amide bonds. The Balaban J connectivity index is 2.84. The van der Waals surface area contributed by atoms with Crippen LogP contribution >= 0.6 is 15.9 Å². The number of halogens is 1. The summed E-state index contributed by atoms with van der Waals surface area (Å²) in [6.07, 6.45) is 1.34. The van der Waals surface area contributed by atoms with Gasteiger partial charge in [0.2, 0.25) is 0 Å². The van der Waals surface area contributed by atoms with Gasteiger partial charge < -0.3 is 9.53 Å². The first-order chi connectivity index (χ1) is 6.27. The van der Waals surface area contributed by atoms with Gasteiger partial charge in [-0.25, -0.2) is 0 Å². The van der Waals surface area contributed by atoms with E-state index >= 15 is 0 Å². The Kier molecular flexibility index (Phi) is 3.96. The highest BCUT2D eigenvalue weighted by Gasteiger charge is 2.00. The van der Waals surface area contributed by atoms with Crippen LogP contribution in [0.4, 0.5) is 0 Å². The van der Waals surface area contributed by atoms with E-state index in [4.69, 9.17) is 4.74 Å². The fourth-order valence-corrected chi connectivity index (χ4v) is 1.58. The molecule has 70 valence electrons. The SMILES string of the molecule is CCOc1ccc(CC=O)cc1Br. The molecular formula is C10H11BrO2. The average Bonchev–Trinajstić information content (AvgIpc) is 2.10. The second kappa shape index (κ2) is 5.02. The van der Waals surface area contributed by atoms with Gasteiger partial charge in [0.25, 0.3) is 0 Å². The highest BCUT2D eigenvalue weighted by molar-refractivity contribution is 9.10. The minimum atomic E-state index is 0.449. The summed E-state index contributed by atoms with van der Waals surface area (Å²) in [4.78, 5) is 10.2. The third-order valence-electron chi connectivity index (χ3n) is 1.62. The van der Waals surface area contributed by atoms with Gasteiger partial charge >= 0.3 is 0 Å².